The molecule has 4 rings (SSSR count). The molecular weight excluding hydrogens is 512 g/mol. The topological polar surface area (TPSA) is 71.3 Å². The molecule has 0 radical (unpaired) electrons. The Hall–Kier alpha value is -2.16. The van der Waals surface area contributed by atoms with Gasteiger partial charge < -0.3 is 9.84 Å². The van der Waals surface area contributed by atoms with Crippen LogP contribution in [0.5, 0.6) is 0 Å². The highest BCUT2D eigenvalue weighted by Gasteiger charge is 2.26. The summed E-state index contributed by atoms with van der Waals surface area (Å²) in [6.45, 7) is 5.13. The van der Waals surface area contributed by atoms with Gasteiger partial charge in [0.2, 0.25) is 17.6 Å². The van der Waals surface area contributed by atoms with Crippen molar-refractivity contribution in [2.75, 3.05) is 25.4 Å². The fraction of sp³-hybridized carbons (Fsp3) is 0.423. The average Bonchev–Trinajstić information content (AvgIpc) is 3.31. The van der Waals surface area contributed by atoms with Crippen LogP contribution in [0.3, 0.4) is 0 Å². The molecule has 0 saturated carbocycles. The molecular formula is C26H31BrN4O2S. The number of carbonyl (C=O) groups is 1. The maximum Gasteiger partial charge on any atom is 0.241 e. The van der Waals surface area contributed by atoms with E-state index in [1.807, 2.05) is 36.0 Å². The van der Waals surface area contributed by atoms with Crippen molar-refractivity contribution in [1.29, 1.82) is 0 Å². The monoisotopic (exact) mass is 542 g/mol. The third-order valence-electron chi connectivity index (χ3n) is 6.09. The fourth-order valence-electron chi connectivity index (χ4n) is 4.12. The fourth-order valence-corrected chi connectivity index (χ4v) is 5.42. The Balaban J connectivity index is 1.17. The van der Waals surface area contributed by atoms with Crippen LogP contribution < -0.4 is 5.32 Å². The van der Waals surface area contributed by atoms with E-state index in [1.54, 1.807) is 0 Å². The number of likely N-dealkylation sites (tertiary alicyclic amines) is 1. The van der Waals surface area contributed by atoms with Crippen LogP contribution in [0.15, 0.2) is 57.5 Å². The van der Waals surface area contributed by atoms with Crippen molar-refractivity contribution < 1.29 is 9.32 Å². The van der Waals surface area contributed by atoms with Crippen molar-refractivity contribution in [3.8, 4) is 11.4 Å². The molecule has 0 aliphatic carbocycles. The zero-order chi connectivity index (χ0) is 23.8. The van der Waals surface area contributed by atoms with Crippen molar-refractivity contribution >= 4 is 33.6 Å². The number of nitrogens with zero attached hydrogens (tertiary/aromatic N) is 3. The van der Waals surface area contributed by atoms with Crippen molar-refractivity contribution in [3.05, 3.63) is 70.0 Å². The lowest BCUT2D eigenvalue weighted by Gasteiger charge is -2.30. The van der Waals surface area contributed by atoms with Gasteiger partial charge in [-0.15, -0.1) is 0 Å². The smallest absolute Gasteiger partial charge is 0.241 e. The first-order valence-corrected chi connectivity index (χ1v) is 13.7. The Morgan fingerprint density at radius 3 is 2.88 bits per heavy atom. The van der Waals surface area contributed by atoms with Crippen LogP contribution in [0, 0.1) is 12.8 Å². The van der Waals surface area contributed by atoms with E-state index < -0.39 is 0 Å². The molecule has 34 heavy (non-hydrogen) atoms. The highest BCUT2D eigenvalue weighted by atomic mass is 79.9. The first-order valence-electron chi connectivity index (χ1n) is 11.8. The standard InChI is InChI=1S/C26H31BrN4O2S/c1-19-6-2-3-7-22(19)18-34-15-5-13-28-26(32)21-8-4-14-31(16-21)17-24-29-25(30-33-24)20-9-11-23(27)12-10-20/h2-3,6-7,9-12,21H,4-5,8,13-18H2,1H3,(H,28,32). The average molecular weight is 544 g/mol. The molecule has 1 N–H and O–H groups in total. The lowest BCUT2D eigenvalue weighted by atomic mass is 9.97. The van der Waals surface area contributed by atoms with Gasteiger partial charge in [-0.1, -0.05) is 45.4 Å². The lowest BCUT2D eigenvalue weighted by Crippen LogP contribution is -2.43. The van der Waals surface area contributed by atoms with Crippen LogP contribution in [0.2, 0.25) is 0 Å². The Kier molecular flexibility index (Phi) is 9.18. The van der Waals surface area contributed by atoms with Gasteiger partial charge >= 0.3 is 0 Å². The van der Waals surface area contributed by atoms with Crippen LogP contribution in [0.1, 0.15) is 36.3 Å². The normalized spacial score (nSPS) is 16.5. The van der Waals surface area contributed by atoms with Gasteiger partial charge in [-0.3, -0.25) is 9.69 Å². The molecule has 1 amide bonds. The number of aryl methyl sites for hydroxylation is 1. The summed E-state index contributed by atoms with van der Waals surface area (Å²) in [5.41, 5.74) is 3.66. The minimum atomic E-state index is 0.0160. The minimum Gasteiger partial charge on any atom is -0.356 e. The number of rotatable bonds is 10. The molecule has 1 atom stereocenters. The molecule has 1 saturated heterocycles. The maximum atomic E-state index is 12.7. The number of nitrogens with one attached hydrogen (secondary N) is 1. The molecule has 1 unspecified atom stereocenters. The van der Waals surface area contributed by atoms with Gasteiger partial charge in [0, 0.05) is 28.9 Å². The predicted octanol–water partition coefficient (Wildman–Crippen LogP) is 5.46. The van der Waals surface area contributed by atoms with E-state index >= 15 is 0 Å². The number of hydrogen-bond donors (Lipinski definition) is 1. The predicted molar refractivity (Wildman–Crippen MR) is 140 cm³/mol. The van der Waals surface area contributed by atoms with Gasteiger partial charge in [0.25, 0.3) is 0 Å². The van der Waals surface area contributed by atoms with Crippen molar-refractivity contribution in [1.82, 2.24) is 20.4 Å². The Morgan fingerprint density at radius 1 is 1.24 bits per heavy atom. The molecule has 6 nitrogen and oxygen atoms in total. The number of aromatic nitrogens is 2. The van der Waals surface area contributed by atoms with E-state index in [0.29, 0.717) is 18.3 Å². The molecule has 2 aromatic carbocycles. The molecule has 3 aromatic rings. The third kappa shape index (κ3) is 7.17. The van der Waals surface area contributed by atoms with Gasteiger partial charge in [0.05, 0.1) is 12.5 Å². The van der Waals surface area contributed by atoms with E-state index in [4.69, 9.17) is 4.52 Å². The molecule has 1 aliphatic heterocycles. The summed E-state index contributed by atoms with van der Waals surface area (Å²) < 4.78 is 6.48. The Labute approximate surface area is 214 Å². The second-order valence-corrected chi connectivity index (χ2v) is 10.7. The summed E-state index contributed by atoms with van der Waals surface area (Å²) in [7, 11) is 0. The third-order valence-corrected chi connectivity index (χ3v) is 7.71. The summed E-state index contributed by atoms with van der Waals surface area (Å²) in [6, 6.07) is 16.4. The lowest BCUT2D eigenvalue weighted by molar-refractivity contribution is -0.126. The molecule has 0 bridgehead atoms. The first-order chi connectivity index (χ1) is 16.6. The molecule has 8 heteroatoms. The van der Waals surface area contributed by atoms with Gasteiger partial charge in [0.15, 0.2) is 0 Å². The SMILES string of the molecule is Cc1ccccc1CSCCCNC(=O)C1CCCN(Cc2nc(-c3ccc(Br)cc3)no2)C1. The van der Waals surface area contributed by atoms with Crippen LogP contribution in [-0.2, 0) is 17.1 Å². The second-order valence-electron chi connectivity index (χ2n) is 8.72. The number of carbonyl (C=O) groups excluding carboxylic acids is 1. The second kappa shape index (κ2) is 12.5. The summed E-state index contributed by atoms with van der Waals surface area (Å²) in [6.07, 6.45) is 2.91. The van der Waals surface area contributed by atoms with Gasteiger partial charge in [-0.25, -0.2) is 0 Å². The highest BCUT2D eigenvalue weighted by molar-refractivity contribution is 9.10. The van der Waals surface area contributed by atoms with E-state index in [2.05, 4.69) is 67.5 Å². The van der Waals surface area contributed by atoms with Crippen molar-refractivity contribution in [2.24, 2.45) is 5.92 Å². The molecule has 1 fully saturated rings. The molecule has 1 aromatic heterocycles. The minimum absolute atomic E-state index is 0.0160. The zero-order valence-corrected chi connectivity index (χ0v) is 21.9. The van der Waals surface area contributed by atoms with Crippen molar-refractivity contribution in [2.45, 2.75) is 38.5 Å². The molecule has 0 spiro atoms. The summed E-state index contributed by atoms with van der Waals surface area (Å²) >= 11 is 5.36. The number of thioether (sulfide) groups is 1. The molecule has 1 aliphatic rings. The van der Waals surface area contributed by atoms with Gasteiger partial charge in [0.1, 0.15) is 0 Å². The highest BCUT2D eigenvalue weighted by Crippen LogP contribution is 2.22. The van der Waals surface area contributed by atoms with E-state index in [-0.39, 0.29) is 11.8 Å². The number of hydrogen-bond acceptors (Lipinski definition) is 6. The largest absolute Gasteiger partial charge is 0.356 e. The number of piperidine rings is 1. The zero-order valence-electron chi connectivity index (χ0n) is 19.5. The summed E-state index contributed by atoms with van der Waals surface area (Å²) in [5.74, 6) is 3.43. The molecule has 180 valence electrons. The molecule has 2 heterocycles. The van der Waals surface area contributed by atoms with Crippen LogP contribution >= 0.6 is 27.7 Å². The summed E-state index contributed by atoms with van der Waals surface area (Å²) in [4.78, 5) is 19.5. The van der Waals surface area contributed by atoms with Gasteiger partial charge in [-0.2, -0.15) is 16.7 Å². The summed E-state index contributed by atoms with van der Waals surface area (Å²) in [5, 5.41) is 7.26. The number of benzene rings is 2. The van der Waals surface area contributed by atoms with E-state index in [9.17, 15) is 4.79 Å². The Bertz CT molecular complexity index is 1070. The van der Waals surface area contributed by atoms with E-state index in [0.717, 1.165) is 60.4 Å². The first kappa shape index (κ1) is 24.9. The van der Waals surface area contributed by atoms with Crippen molar-refractivity contribution in [3.63, 3.8) is 0 Å². The Morgan fingerprint density at radius 2 is 2.06 bits per heavy atom. The van der Waals surface area contributed by atoms with Crippen LogP contribution in [0.25, 0.3) is 11.4 Å². The van der Waals surface area contributed by atoms with Gasteiger partial charge in [-0.05, 0) is 73.9 Å². The van der Waals surface area contributed by atoms with Crippen LogP contribution in [-0.4, -0.2) is 46.3 Å². The van der Waals surface area contributed by atoms with Crippen LogP contribution in [0.4, 0.5) is 0 Å². The number of amides is 1. The number of halogens is 1. The van der Waals surface area contributed by atoms with E-state index in [1.165, 1.54) is 11.1 Å². The quantitative estimate of drug-likeness (QED) is 0.343. The maximum absolute atomic E-state index is 12.7.